The first-order valence-electron chi connectivity index (χ1n) is 13.6. The van der Waals surface area contributed by atoms with Gasteiger partial charge < -0.3 is 24.4 Å². The molecule has 2 amide bonds. The van der Waals surface area contributed by atoms with Crippen LogP contribution in [-0.4, -0.2) is 44.6 Å². The summed E-state index contributed by atoms with van der Waals surface area (Å²) in [6.07, 6.45) is 0.624. The summed E-state index contributed by atoms with van der Waals surface area (Å²) in [5.74, 6) is 0.858. The molecule has 0 aromatic heterocycles. The van der Waals surface area contributed by atoms with Crippen LogP contribution in [-0.2, 0) is 29.0 Å². The van der Waals surface area contributed by atoms with Crippen LogP contribution < -0.4 is 19.5 Å². The molecular weight excluding hydrogens is 535 g/mol. The SMILES string of the molecule is COc1ccc(CCNC(=O)[C@@H](c2ccccc2)N(Cc2ccc(F)cc2)C(=O)Cc2ccc(OC)c(OC)c2)cc1. The highest BCUT2D eigenvalue weighted by atomic mass is 19.1. The second kappa shape index (κ2) is 14.7. The topological polar surface area (TPSA) is 77.1 Å². The summed E-state index contributed by atoms with van der Waals surface area (Å²) in [5, 5.41) is 3.03. The second-order valence-corrected chi connectivity index (χ2v) is 9.72. The van der Waals surface area contributed by atoms with Gasteiger partial charge in [-0.05, 0) is 65.1 Å². The van der Waals surface area contributed by atoms with Gasteiger partial charge in [-0.15, -0.1) is 0 Å². The predicted molar refractivity (Wildman–Crippen MR) is 159 cm³/mol. The number of amides is 2. The molecule has 8 heteroatoms. The van der Waals surface area contributed by atoms with E-state index in [0.29, 0.717) is 41.2 Å². The molecule has 0 radical (unpaired) electrons. The zero-order valence-electron chi connectivity index (χ0n) is 24.0. The molecule has 0 fully saturated rings. The quantitative estimate of drug-likeness (QED) is 0.229. The van der Waals surface area contributed by atoms with Gasteiger partial charge in [0.25, 0.3) is 0 Å². The van der Waals surface area contributed by atoms with Crippen molar-refractivity contribution in [1.82, 2.24) is 10.2 Å². The van der Waals surface area contributed by atoms with Gasteiger partial charge in [-0.3, -0.25) is 9.59 Å². The third kappa shape index (κ3) is 7.87. The Hall–Kier alpha value is -4.85. The number of ether oxygens (including phenoxy) is 3. The molecule has 1 atom stereocenters. The van der Waals surface area contributed by atoms with Crippen LogP contribution in [0.25, 0.3) is 0 Å². The number of hydrogen-bond acceptors (Lipinski definition) is 5. The molecule has 42 heavy (non-hydrogen) atoms. The smallest absolute Gasteiger partial charge is 0.247 e. The van der Waals surface area contributed by atoms with Crippen LogP contribution >= 0.6 is 0 Å². The van der Waals surface area contributed by atoms with Crippen molar-refractivity contribution in [3.05, 3.63) is 125 Å². The van der Waals surface area contributed by atoms with E-state index in [0.717, 1.165) is 11.3 Å². The third-order valence-corrected chi connectivity index (χ3v) is 6.94. The van der Waals surface area contributed by atoms with Crippen LogP contribution in [0, 0.1) is 5.82 Å². The highest BCUT2D eigenvalue weighted by Crippen LogP contribution is 2.29. The molecule has 4 rings (SSSR count). The molecule has 1 N–H and O–H groups in total. The summed E-state index contributed by atoms with van der Waals surface area (Å²) >= 11 is 0. The van der Waals surface area contributed by atoms with Gasteiger partial charge in [0.2, 0.25) is 11.8 Å². The van der Waals surface area contributed by atoms with Gasteiger partial charge in [0, 0.05) is 13.1 Å². The molecule has 0 saturated heterocycles. The van der Waals surface area contributed by atoms with Crippen molar-refractivity contribution in [3.8, 4) is 17.2 Å². The molecule has 0 aliphatic rings. The Morgan fingerprint density at radius 3 is 2.05 bits per heavy atom. The largest absolute Gasteiger partial charge is 0.497 e. The number of nitrogens with one attached hydrogen (secondary N) is 1. The summed E-state index contributed by atoms with van der Waals surface area (Å²) in [7, 11) is 4.69. The van der Waals surface area contributed by atoms with Gasteiger partial charge in [0.05, 0.1) is 27.8 Å². The van der Waals surface area contributed by atoms with Crippen molar-refractivity contribution in [3.63, 3.8) is 0 Å². The number of nitrogens with zero attached hydrogens (tertiary/aromatic N) is 1. The molecule has 4 aromatic carbocycles. The fraction of sp³-hybridized carbons (Fsp3) is 0.235. The Morgan fingerprint density at radius 2 is 1.40 bits per heavy atom. The van der Waals surface area contributed by atoms with Crippen molar-refractivity contribution < 1.29 is 28.2 Å². The monoisotopic (exact) mass is 570 g/mol. The summed E-state index contributed by atoms with van der Waals surface area (Å²) in [4.78, 5) is 29.4. The first-order valence-corrected chi connectivity index (χ1v) is 13.6. The number of carbonyl (C=O) groups is 2. The fourth-order valence-electron chi connectivity index (χ4n) is 4.70. The zero-order chi connectivity index (χ0) is 29.9. The molecule has 0 saturated carbocycles. The molecule has 7 nitrogen and oxygen atoms in total. The minimum absolute atomic E-state index is 0.0179. The predicted octanol–water partition coefficient (Wildman–Crippen LogP) is 5.52. The molecule has 0 bridgehead atoms. The molecule has 0 spiro atoms. The number of rotatable bonds is 13. The van der Waals surface area contributed by atoms with Gasteiger partial charge in [0.15, 0.2) is 11.5 Å². The standard InChI is InChI=1S/C34H35FN2O5/c1-40-29-16-11-24(12-17-29)19-20-36-34(39)33(27-7-5-4-6-8-27)37(23-25-9-14-28(35)15-10-25)32(38)22-26-13-18-30(41-2)31(21-26)42-3/h4-18,21,33H,19-20,22-23H2,1-3H3,(H,36,39)/t33-/m1/s1. The van der Waals surface area contributed by atoms with E-state index in [1.807, 2.05) is 54.6 Å². The van der Waals surface area contributed by atoms with Gasteiger partial charge in [-0.25, -0.2) is 4.39 Å². The number of hydrogen-bond donors (Lipinski definition) is 1. The zero-order valence-corrected chi connectivity index (χ0v) is 24.0. The van der Waals surface area contributed by atoms with E-state index in [-0.39, 0.29) is 30.6 Å². The molecule has 0 heterocycles. The summed E-state index contributed by atoms with van der Waals surface area (Å²) in [6, 6.07) is 27.1. The Labute approximate surface area is 245 Å². The van der Waals surface area contributed by atoms with Gasteiger partial charge in [-0.1, -0.05) is 60.7 Å². The maximum Gasteiger partial charge on any atom is 0.247 e. The lowest BCUT2D eigenvalue weighted by Crippen LogP contribution is -2.44. The van der Waals surface area contributed by atoms with Gasteiger partial charge in [0.1, 0.15) is 17.6 Å². The summed E-state index contributed by atoms with van der Waals surface area (Å²) < 4.78 is 29.7. The molecule has 218 valence electrons. The van der Waals surface area contributed by atoms with E-state index in [1.165, 1.54) is 19.2 Å². The Balaban J connectivity index is 1.62. The fourth-order valence-corrected chi connectivity index (χ4v) is 4.70. The van der Waals surface area contributed by atoms with Crippen molar-refractivity contribution >= 4 is 11.8 Å². The van der Waals surface area contributed by atoms with E-state index in [2.05, 4.69) is 5.32 Å². The molecule has 4 aromatic rings. The summed E-state index contributed by atoms with van der Waals surface area (Å²) in [6.45, 7) is 0.487. The van der Waals surface area contributed by atoms with E-state index >= 15 is 0 Å². The maximum atomic E-state index is 14.0. The Morgan fingerprint density at radius 1 is 0.762 bits per heavy atom. The van der Waals surface area contributed by atoms with E-state index < -0.39 is 6.04 Å². The van der Waals surface area contributed by atoms with Crippen molar-refractivity contribution in [2.45, 2.75) is 25.4 Å². The van der Waals surface area contributed by atoms with Crippen molar-refractivity contribution in [2.75, 3.05) is 27.9 Å². The Bertz CT molecular complexity index is 1460. The molecule has 0 aliphatic heterocycles. The minimum Gasteiger partial charge on any atom is -0.497 e. The van der Waals surface area contributed by atoms with E-state index in [1.54, 1.807) is 49.5 Å². The molecular formula is C34H35FN2O5. The number of halogens is 1. The lowest BCUT2D eigenvalue weighted by molar-refractivity contribution is -0.141. The summed E-state index contributed by atoms with van der Waals surface area (Å²) in [5.41, 5.74) is 3.11. The van der Waals surface area contributed by atoms with Crippen LogP contribution in [0.2, 0.25) is 0 Å². The average molecular weight is 571 g/mol. The van der Waals surface area contributed by atoms with Crippen molar-refractivity contribution in [2.24, 2.45) is 0 Å². The molecule has 0 unspecified atom stereocenters. The first-order chi connectivity index (χ1) is 20.4. The van der Waals surface area contributed by atoms with E-state index in [4.69, 9.17) is 14.2 Å². The number of methoxy groups -OCH3 is 3. The highest BCUT2D eigenvalue weighted by Gasteiger charge is 2.31. The Kier molecular flexibility index (Phi) is 10.5. The number of carbonyl (C=O) groups excluding carboxylic acids is 2. The highest BCUT2D eigenvalue weighted by molar-refractivity contribution is 5.89. The van der Waals surface area contributed by atoms with Crippen LogP contribution in [0.15, 0.2) is 97.1 Å². The van der Waals surface area contributed by atoms with Crippen LogP contribution in [0.3, 0.4) is 0 Å². The molecule has 0 aliphatic carbocycles. The first kappa shape index (κ1) is 30.1. The maximum absolute atomic E-state index is 14.0. The van der Waals surface area contributed by atoms with Gasteiger partial charge >= 0.3 is 0 Å². The minimum atomic E-state index is -0.917. The lowest BCUT2D eigenvalue weighted by atomic mass is 10.0. The van der Waals surface area contributed by atoms with Crippen LogP contribution in [0.1, 0.15) is 28.3 Å². The van der Waals surface area contributed by atoms with Crippen LogP contribution in [0.5, 0.6) is 17.2 Å². The second-order valence-electron chi connectivity index (χ2n) is 9.72. The van der Waals surface area contributed by atoms with Crippen molar-refractivity contribution in [1.29, 1.82) is 0 Å². The van der Waals surface area contributed by atoms with Crippen LogP contribution in [0.4, 0.5) is 4.39 Å². The number of benzene rings is 4. The lowest BCUT2D eigenvalue weighted by Gasteiger charge is -2.32. The van der Waals surface area contributed by atoms with E-state index in [9.17, 15) is 14.0 Å². The van der Waals surface area contributed by atoms with Gasteiger partial charge in [-0.2, -0.15) is 0 Å². The third-order valence-electron chi connectivity index (χ3n) is 6.94. The normalized spacial score (nSPS) is 11.3. The average Bonchev–Trinajstić information content (AvgIpc) is 3.02.